The molecule has 0 radical (unpaired) electrons. The van der Waals surface area contributed by atoms with Crippen molar-refractivity contribution in [1.29, 1.82) is 0 Å². The van der Waals surface area contributed by atoms with Gasteiger partial charge in [-0.15, -0.1) is 0 Å². The number of anilines is 1. The van der Waals surface area contributed by atoms with Crippen LogP contribution in [0.3, 0.4) is 0 Å². The Balaban J connectivity index is 1.71. The number of halogens is 2. The number of nitrogens with one attached hydrogen (secondary N) is 1. The highest BCUT2D eigenvalue weighted by Gasteiger charge is 2.34. The smallest absolute Gasteiger partial charge is 0.264 e. The van der Waals surface area contributed by atoms with E-state index in [4.69, 9.17) is 11.6 Å². The SMILES string of the molecule is Cc1ccc(S(=O)(=O)N(CC(=O)N(Cc2cccc(Br)c2)[C@@H](C)C(=O)NC2CCCC2)c2ccc(Cl)cc2C)cc1. The number of sulfonamides is 1. The van der Waals surface area contributed by atoms with Crippen LogP contribution < -0.4 is 9.62 Å². The lowest BCUT2D eigenvalue weighted by Gasteiger charge is -2.33. The molecule has 218 valence electrons. The second-order valence-electron chi connectivity index (χ2n) is 10.6. The molecule has 1 saturated carbocycles. The largest absolute Gasteiger partial charge is 0.352 e. The van der Waals surface area contributed by atoms with Gasteiger partial charge in [0.05, 0.1) is 10.6 Å². The minimum absolute atomic E-state index is 0.0656. The first-order chi connectivity index (χ1) is 19.5. The van der Waals surface area contributed by atoms with Crippen LogP contribution in [0.1, 0.15) is 49.3 Å². The lowest BCUT2D eigenvalue weighted by Crippen LogP contribution is -2.52. The Bertz CT molecular complexity index is 1510. The summed E-state index contributed by atoms with van der Waals surface area (Å²) >= 11 is 9.66. The van der Waals surface area contributed by atoms with E-state index in [1.54, 1.807) is 44.2 Å². The van der Waals surface area contributed by atoms with E-state index >= 15 is 0 Å². The first kappa shape index (κ1) is 31.1. The van der Waals surface area contributed by atoms with E-state index in [-0.39, 0.29) is 23.4 Å². The molecular weight excluding hydrogens is 626 g/mol. The molecule has 0 bridgehead atoms. The van der Waals surface area contributed by atoms with Gasteiger partial charge < -0.3 is 10.2 Å². The molecule has 0 saturated heterocycles. The predicted molar refractivity (Wildman–Crippen MR) is 166 cm³/mol. The Morgan fingerprint density at radius 3 is 2.34 bits per heavy atom. The molecule has 3 aromatic rings. The van der Waals surface area contributed by atoms with Gasteiger partial charge in [-0.2, -0.15) is 0 Å². The number of carbonyl (C=O) groups is 2. The quantitative estimate of drug-likeness (QED) is 0.273. The number of hydrogen-bond acceptors (Lipinski definition) is 4. The van der Waals surface area contributed by atoms with Crippen LogP contribution in [0.25, 0.3) is 0 Å². The molecule has 1 fully saturated rings. The van der Waals surface area contributed by atoms with Crippen molar-refractivity contribution < 1.29 is 18.0 Å². The van der Waals surface area contributed by atoms with Crippen LogP contribution in [0.5, 0.6) is 0 Å². The summed E-state index contributed by atoms with van der Waals surface area (Å²) in [7, 11) is -4.14. The fourth-order valence-electron chi connectivity index (χ4n) is 5.06. The third-order valence-corrected chi connectivity index (χ3v) is 9.93. The molecule has 1 aliphatic carbocycles. The molecular formula is C31H35BrClN3O4S. The maximum absolute atomic E-state index is 14.1. The van der Waals surface area contributed by atoms with E-state index in [2.05, 4.69) is 21.2 Å². The van der Waals surface area contributed by atoms with E-state index in [0.717, 1.165) is 45.6 Å². The number of amides is 2. The fourth-order valence-corrected chi connectivity index (χ4v) is 7.21. The van der Waals surface area contributed by atoms with Gasteiger partial charge in [0.25, 0.3) is 10.0 Å². The van der Waals surface area contributed by atoms with Crippen molar-refractivity contribution in [3.63, 3.8) is 0 Å². The monoisotopic (exact) mass is 659 g/mol. The third-order valence-electron chi connectivity index (χ3n) is 7.43. The molecule has 1 atom stereocenters. The van der Waals surface area contributed by atoms with Crippen LogP contribution in [-0.4, -0.2) is 43.8 Å². The molecule has 1 N–H and O–H groups in total. The molecule has 0 spiro atoms. The average Bonchev–Trinajstić information content (AvgIpc) is 3.43. The highest BCUT2D eigenvalue weighted by molar-refractivity contribution is 9.10. The summed E-state index contributed by atoms with van der Waals surface area (Å²) in [5, 5.41) is 3.54. The van der Waals surface area contributed by atoms with Gasteiger partial charge in [-0.05, 0) is 87.2 Å². The molecule has 3 aromatic carbocycles. The van der Waals surface area contributed by atoms with Gasteiger partial charge in [0.15, 0.2) is 0 Å². The van der Waals surface area contributed by atoms with E-state index < -0.39 is 28.5 Å². The number of nitrogens with zero attached hydrogens (tertiary/aromatic N) is 2. The predicted octanol–water partition coefficient (Wildman–Crippen LogP) is 6.39. The normalized spacial score (nSPS) is 14.5. The van der Waals surface area contributed by atoms with Gasteiger partial charge in [-0.1, -0.05) is 70.2 Å². The minimum Gasteiger partial charge on any atom is -0.352 e. The zero-order valence-electron chi connectivity index (χ0n) is 23.4. The summed E-state index contributed by atoms with van der Waals surface area (Å²) in [6.45, 7) is 4.95. The zero-order valence-corrected chi connectivity index (χ0v) is 26.6. The number of rotatable bonds is 10. The number of benzene rings is 3. The van der Waals surface area contributed by atoms with E-state index in [1.165, 1.54) is 17.0 Å². The maximum atomic E-state index is 14.1. The molecule has 0 aromatic heterocycles. The summed E-state index contributed by atoms with van der Waals surface area (Å²) < 4.78 is 30.0. The van der Waals surface area contributed by atoms with Gasteiger partial charge in [-0.25, -0.2) is 8.42 Å². The Morgan fingerprint density at radius 2 is 1.71 bits per heavy atom. The van der Waals surface area contributed by atoms with Crippen molar-refractivity contribution in [1.82, 2.24) is 10.2 Å². The molecule has 10 heteroatoms. The third kappa shape index (κ3) is 7.70. The van der Waals surface area contributed by atoms with Crippen LogP contribution >= 0.6 is 27.5 Å². The zero-order chi connectivity index (χ0) is 29.7. The number of aryl methyl sites for hydroxylation is 2. The Hall–Kier alpha value is -2.88. The first-order valence-electron chi connectivity index (χ1n) is 13.7. The van der Waals surface area contributed by atoms with Gasteiger partial charge in [0, 0.05) is 22.1 Å². The van der Waals surface area contributed by atoms with E-state index in [0.29, 0.717) is 16.3 Å². The van der Waals surface area contributed by atoms with Crippen molar-refractivity contribution in [3.05, 3.63) is 92.9 Å². The lowest BCUT2D eigenvalue weighted by molar-refractivity contribution is -0.139. The second-order valence-corrected chi connectivity index (χ2v) is 13.8. The van der Waals surface area contributed by atoms with Gasteiger partial charge in [-0.3, -0.25) is 13.9 Å². The summed E-state index contributed by atoms with van der Waals surface area (Å²) in [5.41, 5.74) is 2.67. The molecule has 0 heterocycles. The summed E-state index contributed by atoms with van der Waals surface area (Å²) in [6.07, 6.45) is 3.95. The minimum atomic E-state index is -4.14. The fraction of sp³-hybridized carbons (Fsp3) is 0.355. The van der Waals surface area contributed by atoms with E-state index in [1.807, 2.05) is 31.2 Å². The van der Waals surface area contributed by atoms with Crippen molar-refractivity contribution in [3.8, 4) is 0 Å². The topological polar surface area (TPSA) is 86.8 Å². The van der Waals surface area contributed by atoms with Crippen LogP contribution in [0.15, 0.2) is 76.1 Å². The highest BCUT2D eigenvalue weighted by Crippen LogP contribution is 2.30. The van der Waals surface area contributed by atoms with Crippen molar-refractivity contribution in [2.75, 3.05) is 10.8 Å². The molecule has 7 nitrogen and oxygen atoms in total. The molecule has 0 unspecified atom stereocenters. The molecule has 1 aliphatic rings. The van der Waals surface area contributed by atoms with Crippen LogP contribution in [0.4, 0.5) is 5.69 Å². The lowest BCUT2D eigenvalue weighted by atomic mass is 10.1. The molecule has 0 aliphatic heterocycles. The standard InChI is InChI=1S/C31H35BrClN3O4S/c1-21-11-14-28(15-12-21)41(39,40)36(29-16-13-26(33)17-22(29)2)20-30(37)35(19-24-7-6-8-25(32)18-24)23(3)31(38)34-27-9-4-5-10-27/h6-8,11-18,23,27H,4-5,9-10,19-20H2,1-3H3,(H,34,38)/t23-/m0/s1. The number of carbonyl (C=O) groups excluding carboxylic acids is 2. The second kappa shape index (κ2) is 13.4. The van der Waals surface area contributed by atoms with E-state index in [9.17, 15) is 18.0 Å². The van der Waals surface area contributed by atoms with Crippen LogP contribution in [0, 0.1) is 13.8 Å². The summed E-state index contributed by atoms with van der Waals surface area (Å²) in [4.78, 5) is 29.0. The maximum Gasteiger partial charge on any atom is 0.264 e. The number of hydrogen-bond donors (Lipinski definition) is 1. The Morgan fingerprint density at radius 1 is 1.02 bits per heavy atom. The van der Waals surface area contributed by atoms with Crippen molar-refractivity contribution in [2.24, 2.45) is 0 Å². The molecule has 2 amide bonds. The Labute approximate surface area is 256 Å². The molecule has 4 rings (SSSR count). The van der Waals surface area contributed by atoms with Gasteiger partial charge >= 0.3 is 0 Å². The van der Waals surface area contributed by atoms with Crippen LogP contribution in [0.2, 0.25) is 5.02 Å². The van der Waals surface area contributed by atoms with Crippen LogP contribution in [-0.2, 0) is 26.2 Å². The van der Waals surface area contributed by atoms with Crippen molar-refractivity contribution in [2.45, 2.75) is 70.0 Å². The van der Waals surface area contributed by atoms with Gasteiger partial charge in [0.2, 0.25) is 11.8 Å². The Kier molecular flexibility index (Phi) is 10.2. The summed E-state index contributed by atoms with van der Waals surface area (Å²) in [5.74, 6) is -0.750. The average molecular weight is 661 g/mol. The molecule has 41 heavy (non-hydrogen) atoms. The highest BCUT2D eigenvalue weighted by atomic mass is 79.9. The van der Waals surface area contributed by atoms with Crippen molar-refractivity contribution >= 4 is 55.1 Å². The van der Waals surface area contributed by atoms with Gasteiger partial charge in [0.1, 0.15) is 12.6 Å². The first-order valence-corrected chi connectivity index (χ1v) is 16.3. The summed E-state index contributed by atoms with van der Waals surface area (Å²) in [6, 6.07) is 18.1.